The van der Waals surface area contributed by atoms with Gasteiger partial charge in [0.05, 0.1) is 36.8 Å². The molecule has 0 spiro atoms. The first-order valence-corrected chi connectivity index (χ1v) is 12.3. The fourth-order valence-corrected chi connectivity index (χ4v) is 4.34. The van der Waals surface area contributed by atoms with Crippen LogP contribution in [0.4, 0.5) is 0 Å². The summed E-state index contributed by atoms with van der Waals surface area (Å²) >= 11 is 6.60. The summed E-state index contributed by atoms with van der Waals surface area (Å²) in [5.41, 5.74) is 3.00. The minimum Gasteiger partial charge on any atom is -0.371 e. The molecule has 0 saturated carbocycles. The summed E-state index contributed by atoms with van der Waals surface area (Å²) in [7, 11) is -3.64. The van der Waals surface area contributed by atoms with E-state index in [1.807, 2.05) is 13.0 Å². The first-order chi connectivity index (χ1) is 15.7. The standard InChI is InChI=1S/C22H18ClN5O4S/c1-12-7-24-9-19(26-12)13-3-4-16(18(23)6-13)17-5-14-8-25-22(33(2,30)31)27-20(14)28(21(17)29)10-15-11-32-15/h3-9,15H,10-11H2,1-2H3. The molecule has 0 aliphatic carbocycles. The molecule has 0 bridgehead atoms. The lowest BCUT2D eigenvalue weighted by molar-refractivity contribution is 0.382. The predicted molar refractivity (Wildman–Crippen MR) is 123 cm³/mol. The van der Waals surface area contributed by atoms with Crippen LogP contribution in [0.15, 0.2) is 52.8 Å². The van der Waals surface area contributed by atoms with Crippen LogP contribution in [0.3, 0.4) is 0 Å². The number of hydrogen-bond donors (Lipinski definition) is 0. The van der Waals surface area contributed by atoms with Gasteiger partial charge in [0.1, 0.15) is 5.65 Å². The smallest absolute Gasteiger partial charge is 0.260 e. The lowest BCUT2D eigenvalue weighted by atomic mass is 10.0. The van der Waals surface area contributed by atoms with Crippen LogP contribution < -0.4 is 5.56 Å². The van der Waals surface area contributed by atoms with Gasteiger partial charge in [-0.05, 0) is 19.1 Å². The van der Waals surface area contributed by atoms with Crippen LogP contribution in [-0.4, -0.2) is 51.9 Å². The van der Waals surface area contributed by atoms with E-state index in [1.165, 1.54) is 10.8 Å². The number of nitrogens with zero attached hydrogens (tertiary/aromatic N) is 5. The zero-order valence-corrected chi connectivity index (χ0v) is 19.3. The normalized spacial score (nSPS) is 15.7. The molecule has 33 heavy (non-hydrogen) atoms. The fraction of sp³-hybridized carbons (Fsp3) is 0.227. The Bertz CT molecular complexity index is 1580. The molecule has 1 aromatic carbocycles. The van der Waals surface area contributed by atoms with Crippen LogP contribution in [0.5, 0.6) is 0 Å². The van der Waals surface area contributed by atoms with Crippen molar-refractivity contribution in [2.75, 3.05) is 12.9 Å². The Morgan fingerprint density at radius 3 is 2.61 bits per heavy atom. The molecule has 4 aromatic rings. The van der Waals surface area contributed by atoms with E-state index in [-0.39, 0.29) is 29.0 Å². The van der Waals surface area contributed by atoms with Crippen molar-refractivity contribution in [1.82, 2.24) is 24.5 Å². The molecule has 0 amide bonds. The van der Waals surface area contributed by atoms with Gasteiger partial charge < -0.3 is 4.74 Å². The van der Waals surface area contributed by atoms with E-state index < -0.39 is 9.84 Å². The third-order valence-electron chi connectivity index (χ3n) is 5.24. The summed E-state index contributed by atoms with van der Waals surface area (Å²) in [6, 6.07) is 6.95. The van der Waals surface area contributed by atoms with E-state index in [2.05, 4.69) is 19.9 Å². The van der Waals surface area contributed by atoms with Crippen molar-refractivity contribution >= 4 is 32.5 Å². The second-order valence-electron chi connectivity index (χ2n) is 7.87. The Morgan fingerprint density at radius 2 is 1.94 bits per heavy atom. The molecular formula is C22H18ClN5O4S. The van der Waals surface area contributed by atoms with Crippen LogP contribution >= 0.6 is 11.6 Å². The maximum Gasteiger partial charge on any atom is 0.260 e. The zero-order valence-electron chi connectivity index (χ0n) is 17.7. The highest BCUT2D eigenvalue weighted by Crippen LogP contribution is 2.31. The Balaban J connectivity index is 1.68. The third-order valence-corrected chi connectivity index (χ3v) is 6.41. The molecule has 9 nitrogen and oxygen atoms in total. The van der Waals surface area contributed by atoms with E-state index in [4.69, 9.17) is 16.3 Å². The summed E-state index contributed by atoms with van der Waals surface area (Å²) in [4.78, 5) is 30.2. The molecule has 1 atom stereocenters. The number of epoxide rings is 1. The number of halogens is 1. The van der Waals surface area contributed by atoms with Crippen molar-refractivity contribution < 1.29 is 13.2 Å². The van der Waals surface area contributed by atoms with E-state index in [9.17, 15) is 13.2 Å². The summed E-state index contributed by atoms with van der Waals surface area (Å²) in [5, 5.41) is 0.548. The van der Waals surface area contributed by atoms with Crippen molar-refractivity contribution in [3.05, 3.63) is 63.9 Å². The van der Waals surface area contributed by atoms with Gasteiger partial charge in [-0.15, -0.1) is 0 Å². The third kappa shape index (κ3) is 4.24. The highest BCUT2D eigenvalue weighted by atomic mass is 35.5. The van der Waals surface area contributed by atoms with Gasteiger partial charge in [-0.25, -0.2) is 18.4 Å². The number of rotatable bonds is 5. The van der Waals surface area contributed by atoms with Gasteiger partial charge in [-0.1, -0.05) is 23.7 Å². The Morgan fingerprint density at radius 1 is 1.15 bits per heavy atom. The average Bonchev–Trinajstić information content (AvgIpc) is 3.59. The highest BCUT2D eigenvalue weighted by Gasteiger charge is 2.26. The number of sulfone groups is 1. The summed E-state index contributed by atoms with van der Waals surface area (Å²) in [6.07, 6.45) is 5.60. The van der Waals surface area contributed by atoms with Gasteiger partial charge in [-0.2, -0.15) is 4.98 Å². The molecule has 1 fully saturated rings. The molecule has 1 unspecified atom stereocenters. The number of hydrogen-bond acceptors (Lipinski definition) is 8. The van der Waals surface area contributed by atoms with Gasteiger partial charge >= 0.3 is 0 Å². The zero-order chi connectivity index (χ0) is 23.3. The van der Waals surface area contributed by atoms with E-state index in [0.717, 1.165) is 17.5 Å². The van der Waals surface area contributed by atoms with Crippen LogP contribution in [0.2, 0.25) is 5.02 Å². The quantitative estimate of drug-likeness (QED) is 0.314. The van der Waals surface area contributed by atoms with Crippen molar-refractivity contribution in [2.24, 2.45) is 0 Å². The average molecular weight is 484 g/mol. The number of aryl methyl sites for hydroxylation is 1. The Kier molecular flexibility index (Phi) is 5.23. The molecule has 0 radical (unpaired) electrons. The van der Waals surface area contributed by atoms with Gasteiger partial charge in [0.15, 0.2) is 0 Å². The molecule has 3 aromatic heterocycles. The minimum atomic E-state index is -3.64. The lowest BCUT2D eigenvalue weighted by Gasteiger charge is -2.13. The number of benzene rings is 1. The van der Waals surface area contributed by atoms with Gasteiger partial charge in [0.25, 0.3) is 5.56 Å². The molecule has 11 heteroatoms. The molecule has 5 rings (SSSR count). The first-order valence-electron chi connectivity index (χ1n) is 10.0. The summed E-state index contributed by atoms with van der Waals surface area (Å²) < 4.78 is 30.6. The molecule has 4 heterocycles. The van der Waals surface area contributed by atoms with Crippen molar-refractivity contribution in [2.45, 2.75) is 24.7 Å². The van der Waals surface area contributed by atoms with Crippen LogP contribution in [0.25, 0.3) is 33.4 Å². The number of pyridine rings is 1. The van der Waals surface area contributed by atoms with Crippen molar-refractivity contribution in [1.29, 1.82) is 0 Å². The maximum atomic E-state index is 13.5. The minimum absolute atomic E-state index is 0.129. The Hall–Kier alpha value is -3.21. The summed E-state index contributed by atoms with van der Waals surface area (Å²) in [5.74, 6) is 0. The first kappa shape index (κ1) is 21.6. The molecule has 0 N–H and O–H groups in total. The fourth-order valence-electron chi connectivity index (χ4n) is 3.56. The summed E-state index contributed by atoms with van der Waals surface area (Å²) in [6.45, 7) is 2.62. The predicted octanol–water partition coefficient (Wildman–Crippen LogP) is 2.68. The number of ether oxygens (including phenoxy) is 1. The van der Waals surface area contributed by atoms with Crippen LogP contribution in [0, 0.1) is 6.92 Å². The molecular weight excluding hydrogens is 466 g/mol. The van der Waals surface area contributed by atoms with Gasteiger partial charge in [-0.3, -0.25) is 14.3 Å². The van der Waals surface area contributed by atoms with Crippen LogP contribution in [0.1, 0.15) is 5.69 Å². The number of aromatic nitrogens is 5. The maximum absolute atomic E-state index is 13.5. The molecule has 1 aliphatic rings. The van der Waals surface area contributed by atoms with Crippen molar-refractivity contribution in [3.8, 4) is 22.4 Å². The van der Waals surface area contributed by atoms with E-state index >= 15 is 0 Å². The van der Waals surface area contributed by atoms with Gasteiger partial charge in [0, 0.05) is 45.7 Å². The largest absolute Gasteiger partial charge is 0.371 e. The van der Waals surface area contributed by atoms with Gasteiger partial charge in [0.2, 0.25) is 15.0 Å². The second kappa shape index (κ2) is 7.98. The van der Waals surface area contributed by atoms with Crippen LogP contribution in [-0.2, 0) is 21.1 Å². The van der Waals surface area contributed by atoms with E-state index in [1.54, 1.807) is 30.6 Å². The molecule has 1 saturated heterocycles. The van der Waals surface area contributed by atoms with E-state index in [0.29, 0.717) is 33.8 Å². The molecule has 168 valence electrons. The lowest BCUT2D eigenvalue weighted by Crippen LogP contribution is -2.25. The topological polar surface area (TPSA) is 120 Å². The Labute approximate surface area is 194 Å². The number of fused-ring (bicyclic) bond motifs is 1. The van der Waals surface area contributed by atoms with Crippen molar-refractivity contribution in [3.63, 3.8) is 0 Å². The monoisotopic (exact) mass is 483 g/mol. The highest BCUT2D eigenvalue weighted by molar-refractivity contribution is 7.90. The molecule has 1 aliphatic heterocycles. The second-order valence-corrected chi connectivity index (χ2v) is 10.2. The SMILES string of the molecule is Cc1cncc(-c2ccc(-c3cc4cnc(S(C)(=O)=O)nc4n(CC4CO4)c3=O)c(Cl)c2)n1.